The first-order chi connectivity index (χ1) is 10.7. The van der Waals surface area contributed by atoms with Crippen LogP contribution in [0, 0.1) is 5.82 Å². The quantitative estimate of drug-likeness (QED) is 0.703. The van der Waals surface area contributed by atoms with Crippen molar-refractivity contribution >= 4 is 35.1 Å². The van der Waals surface area contributed by atoms with Crippen LogP contribution in [-0.4, -0.2) is 9.19 Å². The lowest BCUT2D eigenvalue weighted by Crippen LogP contribution is -1.94. The molecule has 0 aliphatic rings. The Kier molecular flexibility index (Phi) is 4.65. The van der Waals surface area contributed by atoms with E-state index in [4.69, 9.17) is 11.6 Å². The highest BCUT2D eigenvalue weighted by Gasteiger charge is 2.01. The van der Waals surface area contributed by atoms with Gasteiger partial charge in [0.25, 0.3) is 0 Å². The molecule has 3 aromatic rings. The molecule has 112 valence electrons. The maximum Gasteiger partial charge on any atom is 0.153 e. The summed E-state index contributed by atoms with van der Waals surface area (Å²) < 4.78 is 14.6. The van der Waals surface area contributed by atoms with Crippen molar-refractivity contribution in [2.45, 2.75) is 5.75 Å². The Morgan fingerprint density at radius 3 is 2.50 bits per heavy atom. The smallest absolute Gasteiger partial charge is 0.153 e. The van der Waals surface area contributed by atoms with E-state index in [1.807, 2.05) is 36.5 Å². The van der Waals surface area contributed by atoms with E-state index in [2.05, 4.69) is 10.4 Å². The minimum Gasteiger partial charge on any atom is -0.339 e. The van der Waals surface area contributed by atoms with Gasteiger partial charge in [0, 0.05) is 28.7 Å². The van der Waals surface area contributed by atoms with E-state index in [0.29, 0.717) is 0 Å². The van der Waals surface area contributed by atoms with E-state index in [1.54, 1.807) is 28.2 Å². The fraction of sp³-hybridized carbons (Fsp3) is 0.0625. The zero-order valence-electron chi connectivity index (χ0n) is 11.5. The Balaban J connectivity index is 1.59. The number of rotatable bonds is 5. The molecule has 6 heteroatoms. The highest BCUT2D eigenvalue weighted by Crippen LogP contribution is 2.19. The fourth-order valence-electron chi connectivity index (χ4n) is 1.85. The number of benzene rings is 2. The second-order valence-corrected chi connectivity index (χ2v) is 5.99. The Labute approximate surface area is 137 Å². The molecular weight excluding hydrogens is 321 g/mol. The van der Waals surface area contributed by atoms with Crippen LogP contribution in [0.1, 0.15) is 5.56 Å². The SMILES string of the molecule is Fc1ccc(Nc2ccn(SCc3ccc(Cl)cc3)n2)cc1. The molecule has 0 aliphatic carbocycles. The minimum atomic E-state index is -0.255. The summed E-state index contributed by atoms with van der Waals surface area (Å²) in [6.07, 6.45) is 1.88. The molecule has 1 heterocycles. The largest absolute Gasteiger partial charge is 0.339 e. The van der Waals surface area contributed by atoms with Crippen LogP contribution in [0.3, 0.4) is 0 Å². The van der Waals surface area contributed by atoms with Gasteiger partial charge in [0.05, 0.1) is 0 Å². The molecule has 2 aromatic carbocycles. The van der Waals surface area contributed by atoms with Gasteiger partial charge in [0.2, 0.25) is 0 Å². The van der Waals surface area contributed by atoms with Crippen LogP contribution in [-0.2, 0) is 5.75 Å². The third-order valence-electron chi connectivity index (χ3n) is 2.96. The minimum absolute atomic E-state index is 0.255. The van der Waals surface area contributed by atoms with Crippen LogP contribution in [0.2, 0.25) is 5.02 Å². The van der Waals surface area contributed by atoms with Gasteiger partial charge < -0.3 is 5.32 Å². The number of aromatic nitrogens is 2. The van der Waals surface area contributed by atoms with Crippen molar-refractivity contribution in [2.75, 3.05) is 5.32 Å². The summed E-state index contributed by atoms with van der Waals surface area (Å²) in [6, 6.07) is 15.8. The van der Waals surface area contributed by atoms with E-state index in [1.165, 1.54) is 17.7 Å². The Morgan fingerprint density at radius 1 is 1.05 bits per heavy atom. The molecule has 0 aliphatic heterocycles. The summed E-state index contributed by atoms with van der Waals surface area (Å²) >= 11 is 7.44. The van der Waals surface area contributed by atoms with Gasteiger partial charge in [-0.3, -0.25) is 0 Å². The van der Waals surface area contributed by atoms with Gasteiger partial charge in [-0.05, 0) is 53.9 Å². The van der Waals surface area contributed by atoms with Gasteiger partial charge in [-0.1, -0.05) is 23.7 Å². The molecule has 3 rings (SSSR count). The molecule has 0 unspecified atom stereocenters. The summed E-state index contributed by atoms with van der Waals surface area (Å²) in [5, 5.41) is 8.27. The topological polar surface area (TPSA) is 29.9 Å². The second-order valence-electron chi connectivity index (χ2n) is 4.64. The van der Waals surface area contributed by atoms with Crippen molar-refractivity contribution in [1.29, 1.82) is 0 Å². The van der Waals surface area contributed by atoms with Crippen molar-refractivity contribution in [1.82, 2.24) is 9.19 Å². The maximum atomic E-state index is 12.9. The number of nitrogens with one attached hydrogen (secondary N) is 1. The van der Waals surface area contributed by atoms with Crippen molar-refractivity contribution in [2.24, 2.45) is 0 Å². The van der Waals surface area contributed by atoms with Crippen LogP contribution >= 0.6 is 23.5 Å². The molecule has 0 saturated heterocycles. The van der Waals surface area contributed by atoms with E-state index >= 15 is 0 Å². The summed E-state index contributed by atoms with van der Waals surface area (Å²) in [7, 11) is 0. The first kappa shape index (κ1) is 14.9. The molecule has 0 bridgehead atoms. The summed E-state index contributed by atoms with van der Waals surface area (Å²) in [5.74, 6) is 1.26. The second kappa shape index (κ2) is 6.85. The van der Waals surface area contributed by atoms with Crippen LogP contribution in [0.15, 0.2) is 60.8 Å². The van der Waals surface area contributed by atoms with Crippen molar-refractivity contribution in [3.05, 3.63) is 77.2 Å². The molecular formula is C16H13ClFN3S. The van der Waals surface area contributed by atoms with Gasteiger partial charge in [0.1, 0.15) is 5.82 Å². The zero-order valence-corrected chi connectivity index (χ0v) is 13.1. The van der Waals surface area contributed by atoms with E-state index in [-0.39, 0.29) is 5.82 Å². The zero-order chi connectivity index (χ0) is 15.4. The monoisotopic (exact) mass is 333 g/mol. The number of hydrogen-bond acceptors (Lipinski definition) is 3. The molecule has 0 atom stereocenters. The molecule has 0 radical (unpaired) electrons. The van der Waals surface area contributed by atoms with Crippen LogP contribution < -0.4 is 5.32 Å². The highest BCUT2D eigenvalue weighted by molar-refractivity contribution is 7.96. The lowest BCUT2D eigenvalue weighted by Gasteiger charge is -2.03. The Morgan fingerprint density at radius 2 is 1.77 bits per heavy atom. The average molecular weight is 334 g/mol. The third kappa shape index (κ3) is 4.02. The maximum absolute atomic E-state index is 12.9. The van der Waals surface area contributed by atoms with Gasteiger partial charge in [-0.15, -0.1) is 5.10 Å². The van der Waals surface area contributed by atoms with Gasteiger partial charge in [0.15, 0.2) is 5.82 Å². The first-order valence-electron chi connectivity index (χ1n) is 6.65. The summed E-state index contributed by atoms with van der Waals surface area (Å²) in [5.41, 5.74) is 1.98. The van der Waals surface area contributed by atoms with Crippen LogP contribution in [0.5, 0.6) is 0 Å². The lowest BCUT2D eigenvalue weighted by molar-refractivity contribution is 0.628. The lowest BCUT2D eigenvalue weighted by atomic mass is 10.2. The third-order valence-corrected chi connectivity index (χ3v) is 4.14. The number of halogens is 2. The average Bonchev–Trinajstić information content (AvgIpc) is 2.97. The van der Waals surface area contributed by atoms with Gasteiger partial charge in [-0.2, -0.15) is 0 Å². The van der Waals surface area contributed by atoms with Crippen molar-refractivity contribution in [3.63, 3.8) is 0 Å². The molecule has 0 spiro atoms. The molecule has 1 N–H and O–H groups in total. The predicted molar refractivity (Wildman–Crippen MR) is 90.1 cm³/mol. The van der Waals surface area contributed by atoms with Crippen LogP contribution in [0.4, 0.5) is 15.9 Å². The number of hydrogen-bond donors (Lipinski definition) is 1. The molecule has 22 heavy (non-hydrogen) atoms. The molecule has 0 fully saturated rings. The van der Waals surface area contributed by atoms with Crippen molar-refractivity contribution < 1.29 is 4.39 Å². The molecule has 3 nitrogen and oxygen atoms in total. The van der Waals surface area contributed by atoms with Crippen LogP contribution in [0.25, 0.3) is 0 Å². The van der Waals surface area contributed by atoms with E-state index < -0.39 is 0 Å². The summed E-state index contributed by atoms with van der Waals surface area (Å²) in [4.78, 5) is 0. The molecule has 1 aromatic heterocycles. The Bertz CT molecular complexity index is 741. The van der Waals surface area contributed by atoms with E-state index in [9.17, 15) is 4.39 Å². The molecule has 0 saturated carbocycles. The first-order valence-corrected chi connectivity index (χ1v) is 7.97. The van der Waals surface area contributed by atoms with Crippen molar-refractivity contribution in [3.8, 4) is 0 Å². The normalized spacial score (nSPS) is 10.6. The number of nitrogens with zero attached hydrogens (tertiary/aromatic N) is 2. The number of anilines is 2. The Hall–Kier alpha value is -1.98. The van der Waals surface area contributed by atoms with Gasteiger partial charge >= 0.3 is 0 Å². The standard InChI is InChI=1S/C16H13ClFN3S/c17-13-3-1-12(2-4-13)11-22-21-10-9-16(20-21)19-15-7-5-14(18)6-8-15/h1-10H,11H2,(H,19,20). The van der Waals surface area contributed by atoms with E-state index in [0.717, 1.165) is 22.3 Å². The fourth-order valence-corrected chi connectivity index (χ4v) is 2.74. The molecule has 0 amide bonds. The van der Waals surface area contributed by atoms with Gasteiger partial charge in [-0.25, -0.2) is 8.48 Å². The highest BCUT2D eigenvalue weighted by atomic mass is 35.5. The summed E-state index contributed by atoms with van der Waals surface area (Å²) in [6.45, 7) is 0. The predicted octanol–water partition coefficient (Wildman–Crippen LogP) is 5.12.